The van der Waals surface area contributed by atoms with Crippen LogP contribution in [-0.2, 0) is 30.2 Å². The monoisotopic (exact) mass is 498 g/mol. The van der Waals surface area contributed by atoms with E-state index in [1.165, 1.54) is 0 Å². The van der Waals surface area contributed by atoms with Gasteiger partial charge in [0.15, 0.2) is 6.61 Å². The molecule has 10 heteroatoms. The first-order valence-corrected chi connectivity index (χ1v) is 11.9. The van der Waals surface area contributed by atoms with E-state index in [2.05, 4.69) is 10.3 Å². The molecule has 0 aliphatic carbocycles. The average Bonchev–Trinajstić information content (AvgIpc) is 3.17. The lowest BCUT2D eigenvalue weighted by Crippen LogP contribution is -2.22. The molecule has 0 saturated heterocycles. The summed E-state index contributed by atoms with van der Waals surface area (Å²) in [5.74, 6) is -2.48. The lowest BCUT2D eigenvalue weighted by molar-refractivity contribution is -0.147. The first kappa shape index (κ1) is 25.8. The zero-order valence-electron chi connectivity index (χ0n) is 19.7. The molecular formula is C25H26N2O7S. The Balaban J connectivity index is 1.59. The molecule has 2 aromatic heterocycles. The molecule has 0 radical (unpaired) electrons. The highest BCUT2D eigenvalue weighted by Crippen LogP contribution is 2.34. The van der Waals surface area contributed by atoms with Gasteiger partial charge in [0.2, 0.25) is 0 Å². The molecule has 1 N–H and O–H groups in total. The Hall–Kier alpha value is -3.79. The fraction of sp³-hybridized carbons (Fsp3) is 0.320. The molecule has 0 aliphatic rings. The van der Waals surface area contributed by atoms with Gasteiger partial charge in [-0.15, -0.1) is 11.3 Å². The molecule has 35 heavy (non-hydrogen) atoms. The van der Waals surface area contributed by atoms with Crippen LogP contribution >= 0.6 is 11.3 Å². The number of benzene rings is 1. The molecule has 0 saturated carbocycles. The number of hydrogen-bond acceptors (Lipinski definition) is 9. The number of nitrogens with one attached hydrogen (secondary N) is 1. The van der Waals surface area contributed by atoms with Crippen molar-refractivity contribution in [1.29, 1.82) is 0 Å². The van der Waals surface area contributed by atoms with E-state index >= 15 is 0 Å². The van der Waals surface area contributed by atoms with Crippen molar-refractivity contribution in [2.24, 2.45) is 0 Å². The number of anilines is 1. The van der Waals surface area contributed by atoms with E-state index in [1.54, 1.807) is 20.8 Å². The Kier molecular flexibility index (Phi) is 8.91. The highest BCUT2D eigenvalue weighted by atomic mass is 32.1. The van der Waals surface area contributed by atoms with Crippen molar-refractivity contribution < 1.29 is 33.4 Å². The van der Waals surface area contributed by atoms with E-state index in [9.17, 15) is 19.2 Å². The van der Waals surface area contributed by atoms with Gasteiger partial charge in [-0.1, -0.05) is 24.3 Å². The third kappa shape index (κ3) is 6.63. The van der Waals surface area contributed by atoms with Gasteiger partial charge in [0.1, 0.15) is 9.88 Å². The predicted octanol–water partition coefficient (Wildman–Crippen LogP) is 4.07. The maximum Gasteiger partial charge on any atom is 0.348 e. The van der Waals surface area contributed by atoms with Crippen molar-refractivity contribution in [1.82, 2.24) is 4.98 Å². The Morgan fingerprint density at radius 2 is 1.66 bits per heavy atom. The van der Waals surface area contributed by atoms with Crippen molar-refractivity contribution in [3.63, 3.8) is 0 Å². The van der Waals surface area contributed by atoms with Crippen molar-refractivity contribution >= 4 is 51.1 Å². The number of aryl methyl sites for hydroxylation is 1. The molecule has 3 rings (SSSR count). The van der Waals surface area contributed by atoms with Gasteiger partial charge in [-0.2, -0.15) is 0 Å². The summed E-state index contributed by atoms with van der Waals surface area (Å²) in [5.41, 5.74) is 2.00. The van der Waals surface area contributed by atoms with Crippen LogP contribution in [0.3, 0.4) is 0 Å². The van der Waals surface area contributed by atoms with Crippen LogP contribution < -0.4 is 5.32 Å². The van der Waals surface area contributed by atoms with Gasteiger partial charge >= 0.3 is 17.9 Å². The molecule has 1 amide bonds. The van der Waals surface area contributed by atoms with E-state index in [0.717, 1.165) is 27.9 Å². The van der Waals surface area contributed by atoms with Crippen molar-refractivity contribution in [2.75, 3.05) is 25.1 Å². The number of hydrogen-bond donors (Lipinski definition) is 1. The zero-order valence-corrected chi connectivity index (χ0v) is 20.5. The Labute approximate surface area is 206 Å². The van der Waals surface area contributed by atoms with Crippen molar-refractivity contribution in [2.45, 2.75) is 33.6 Å². The summed E-state index contributed by atoms with van der Waals surface area (Å²) in [5, 5.41) is 3.68. The highest BCUT2D eigenvalue weighted by Gasteiger charge is 2.27. The third-order valence-electron chi connectivity index (χ3n) is 4.95. The van der Waals surface area contributed by atoms with Crippen LogP contribution in [0.25, 0.3) is 10.9 Å². The van der Waals surface area contributed by atoms with Gasteiger partial charge in [-0.3, -0.25) is 14.6 Å². The quantitative estimate of drug-likeness (QED) is 0.328. The number of esters is 3. The first-order valence-electron chi connectivity index (χ1n) is 11.1. The zero-order chi connectivity index (χ0) is 25.4. The second-order valence-corrected chi connectivity index (χ2v) is 8.43. The predicted molar refractivity (Wildman–Crippen MR) is 131 cm³/mol. The topological polar surface area (TPSA) is 121 Å². The fourth-order valence-electron chi connectivity index (χ4n) is 3.30. The molecule has 0 spiro atoms. The van der Waals surface area contributed by atoms with Crippen LogP contribution in [0.2, 0.25) is 0 Å². The van der Waals surface area contributed by atoms with Crippen molar-refractivity contribution in [3.05, 3.63) is 58.1 Å². The number of ether oxygens (including phenoxy) is 3. The average molecular weight is 499 g/mol. The van der Waals surface area contributed by atoms with Crippen LogP contribution in [0.1, 0.15) is 51.6 Å². The minimum Gasteiger partial charge on any atom is -0.462 e. The van der Waals surface area contributed by atoms with Crippen LogP contribution in [0.5, 0.6) is 0 Å². The molecular weight excluding hydrogens is 472 g/mol. The van der Waals surface area contributed by atoms with Gasteiger partial charge in [0.25, 0.3) is 5.91 Å². The number of para-hydroxylation sites is 1. The number of amides is 1. The fourth-order valence-corrected chi connectivity index (χ4v) is 4.41. The number of carbonyl (C=O) groups excluding carboxylic acids is 4. The minimum atomic E-state index is -0.674. The molecule has 0 unspecified atom stereocenters. The second-order valence-electron chi connectivity index (χ2n) is 7.41. The number of carbonyl (C=O) groups is 4. The molecule has 0 fully saturated rings. The highest BCUT2D eigenvalue weighted by molar-refractivity contribution is 7.18. The largest absolute Gasteiger partial charge is 0.462 e. The summed E-state index contributed by atoms with van der Waals surface area (Å²) in [4.78, 5) is 53.9. The lowest BCUT2D eigenvalue weighted by atomic mass is 10.1. The molecule has 1 aromatic carbocycles. The summed E-state index contributed by atoms with van der Waals surface area (Å²) >= 11 is 0.903. The Morgan fingerprint density at radius 3 is 2.40 bits per heavy atom. The van der Waals surface area contributed by atoms with E-state index in [-0.39, 0.29) is 35.1 Å². The summed E-state index contributed by atoms with van der Waals surface area (Å²) in [6.07, 6.45) is 0.420. The van der Waals surface area contributed by atoms with E-state index in [4.69, 9.17) is 14.2 Å². The lowest BCUT2D eigenvalue weighted by Gasteiger charge is -2.08. The SMILES string of the molecule is CCOC(=O)c1sc(NC(=O)COC(=O)CCc2ccc3ccccc3n2)c(C(=O)OCC)c1C. The van der Waals surface area contributed by atoms with E-state index < -0.39 is 30.4 Å². The summed E-state index contributed by atoms with van der Waals surface area (Å²) in [7, 11) is 0. The maximum absolute atomic E-state index is 12.4. The van der Waals surface area contributed by atoms with Gasteiger partial charge in [0.05, 0.1) is 30.7 Å². The smallest absolute Gasteiger partial charge is 0.348 e. The second kappa shape index (κ2) is 12.1. The van der Waals surface area contributed by atoms with E-state index in [1.807, 2.05) is 36.4 Å². The number of nitrogens with zero attached hydrogens (tertiary/aromatic N) is 1. The molecule has 0 aliphatic heterocycles. The Bertz CT molecular complexity index is 1250. The number of aromatic nitrogens is 1. The number of pyridine rings is 1. The third-order valence-corrected chi connectivity index (χ3v) is 6.13. The van der Waals surface area contributed by atoms with Crippen molar-refractivity contribution in [3.8, 4) is 0 Å². The first-order chi connectivity index (χ1) is 16.8. The standard InChI is InChI=1S/C25H26N2O7S/c1-4-32-24(30)21-15(3)22(25(31)33-5-2)35-23(21)27-19(28)14-34-20(29)13-12-17-11-10-16-8-6-7-9-18(16)26-17/h6-11H,4-5,12-14H2,1-3H3,(H,27,28). The normalized spacial score (nSPS) is 10.6. The van der Waals surface area contributed by atoms with Crippen LogP contribution in [0.15, 0.2) is 36.4 Å². The Morgan fingerprint density at radius 1 is 0.943 bits per heavy atom. The maximum atomic E-state index is 12.4. The molecule has 9 nitrogen and oxygen atoms in total. The molecule has 0 bridgehead atoms. The molecule has 0 atom stereocenters. The number of thiophene rings is 1. The van der Waals surface area contributed by atoms with Crippen LogP contribution in [-0.4, -0.2) is 48.6 Å². The van der Waals surface area contributed by atoms with Gasteiger partial charge < -0.3 is 19.5 Å². The minimum absolute atomic E-state index is 0.0534. The number of rotatable bonds is 10. The summed E-state index contributed by atoms with van der Waals surface area (Å²) in [6.45, 7) is 4.64. The summed E-state index contributed by atoms with van der Waals surface area (Å²) < 4.78 is 15.2. The molecule has 184 valence electrons. The van der Waals surface area contributed by atoms with Gasteiger partial charge in [-0.05, 0) is 38.5 Å². The van der Waals surface area contributed by atoms with Gasteiger partial charge in [0, 0.05) is 17.5 Å². The van der Waals surface area contributed by atoms with Crippen LogP contribution in [0.4, 0.5) is 5.00 Å². The molecule has 2 heterocycles. The van der Waals surface area contributed by atoms with Crippen LogP contribution in [0, 0.1) is 6.92 Å². The van der Waals surface area contributed by atoms with E-state index in [0.29, 0.717) is 12.0 Å². The summed E-state index contributed by atoms with van der Waals surface area (Å²) in [6, 6.07) is 11.5. The van der Waals surface area contributed by atoms with Gasteiger partial charge in [-0.25, -0.2) is 9.59 Å². The molecule has 3 aromatic rings. The number of fused-ring (bicyclic) bond motifs is 1.